The van der Waals surface area contributed by atoms with Crippen LogP contribution < -0.4 is 10.9 Å². The molecule has 0 spiro atoms. The van der Waals surface area contributed by atoms with Crippen LogP contribution in [0.3, 0.4) is 0 Å². The van der Waals surface area contributed by atoms with E-state index in [1.165, 1.54) is 0 Å². The van der Waals surface area contributed by atoms with Crippen LogP contribution >= 0.6 is 11.8 Å². The number of imidazole rings is 1. The quantitative estimate of drug-likeness (QED) is 0.697. The zero-order valence-electron chi connectivity index (χ0n) is 11.0. The molecule has 7 heteroatoms. The lowest BCUT2D eigenvalue weighted by molar-refractivity contribution is 1.04. The van der Waals surface area contributed by atoms with E-state index < -0.39 is 0 Å². The fourth-order valence-corrected chi connectivity index (χ4v) is 2.37. The number of hydrogen-bond donors (Lipinski definition) is 3. The third-order valence-electron chi connectivity index (χ3n) is 2.69. The van der Waals surface area contributed by atoms with E-state index >= 15 is 0 Å². The first-order valence-corrected chi connectivity index (χ1v) is 7.18. The maximum atomic E-state index is 11.4. The Hall–Kier alpha value is -1.76. The number of aryl methyl sites for hydroxylation is 2. The minimum atomic E-state index is -0.0997. The van der Waals surface area contributed by atoms with Crippen molar-refractivity contribution in [3.8, 4) is 0 Å². The molecule has 0 amide bonds. The summed E-state index contributed by atoms with van der Waals surface area (Å²) >= 11 is 1.79. The number of aromatic nitrogens is 4. The van der Waals surface area contributed by atoms with E-state index in [2.05, 4.69) is 25.3 Å². The van der Waals surface area contributed by atoms with Gasteiger partial charge in [0.2, 0.25) is 5.95 Å². The molecule has 0 aliphatic heterocycles. The summed E-state index contributed by atoms with van der Waals surface area (Å²) in [6.07, 6.45) is 3.28. The number of anilines is 1. The van der Waals surface area contributed by atoms with Gasteiger partial charge < -0.3 is 10.3 Å². The molecule has 0 saturated heterocycles. The van der Waals surface area contributed by atoms with Gasteiger partial charge in [-0.3, -0.25) is 9.78 Å². The van der Waals surface area contributed by atoms with E-state index in [0.29, 0.717) is 11.5 Å². The highest BCUT2D eigenvalue weighted by atomic mass is 32.2. The Balaban J connectivity index is 1.71. The molecule has 102 valence electrons. The molecule has 0 aliphatic carbocycles. The van der Waals surface area contributed by atoms with Gasteiger partial charge in [-0.1, -0.05) is 0 Å². The minimum Gasteiger partial charge on any atom is -0.355 e. The molecule has 0 atom stereocenters. The second-order valence-corrected chi connectivity index (χ2v) is 5.30. The second-order valence-electron chi connectivity index (χ2n) is 4.20. The number of aromatic amines is 2. The molecule has 2 aromatic heterocycles. The fraction of sp³-hybridized carbons (Fsp3) is 0.417. The van der Waals surface area contributed by atoms with Crippen molar-refractivity contribution in [1.29, 1.82) is 0 Å². The average molecular weight is 279 g/mol. The Morgan fingerprint density at radius 1 is 1.37 bits per heavy atom. The van der Waals surface area contributed by atoms with Crippen molar-refractivity contribution in [2.75, 3.05) is 17.6 Å². The molecule has 2 heterocycles. The van der Waals surface area contributed by atoms with Crippen LogP contribution in [-0.4, -0.2) is 32.2 Å². The van der Waals surface area contributed by atoms with Crippen LogP contribution in [0.5, 0.6) is 0 Å². The zero-order valence-corrected chi connectivity index (χ0v) is 11.8. The molecule has 6 nitrogen and oxygen atoms in total. The summed E-state index contributed by atoms with van der Waals surface area (Å²) in [6, 6.07) is 0. The lowest BCUT2D eigenvalue weighted by atomic mass is 10.4. The molecule has 0 aliphatic rings. The molecular formula is C12H17N5OS. The van der Waals surface area contributed by atoms with Gasteiger partial charge in [-0.05, 0) is 13.8 Å². The number of rotatable bonds is 6. The Labute approximate surface area is 115 Å². The van der Waals surface area contributed by atoms with E-state index in [1.54, 1.807) is 31.2 Å². The summed E-state index contributed by atoms with van der Waals surface area (Å²) in [6.45, 7) is 4.50. The first kappa shape index (κ1) is 13.7. The molecule has 2 aromatic rings. The molecule has 0 unspecified atom stereocenters. The van der Waals surface area contributed by atoms with Gasteiger partial charge in [0.25, 0.3) is 5.56 Å². The summed E-state index contributed by atoms with van der Waals surface area (Å²) < 4.78 is 0. The molecule has 0 fully saturated rings. The van der Waals surface area contributed by atoms with E-state index in [0.717, 1.165) is 29.4 Å². The summed E-state index contributed by atoms with van der Waals surface area (Å²) in [7, 11) is 0. The maximum Gasteiger partial charge on any atom is 0.255 e. The Morgan fingerprint density at radius 3 is 2.89 bits per heavy atom. The molecule has 0 saturated carbocycles. The highest BCUT2D eigenvalue weighted by molar-refractivity contribution is 7.98. The van der Waals surface area contributed by atoms with Crippen LogP contribution in [0.25, 0.3) is 0 Å². The molecule has 0 aromatic carbocycles. The van der Waals surface area contributed by atoms with Gasteiger partial charge in [0, 0.05) is 35.5 Å². The third kappa shape index (κ3) is 3.85. The molecule has 19 heavy (non-hydrogen) atoms. The summed E-state index contributed by atoms with van der Waals surface area (Å²) in [5.74, 6) is 2.32. The zero-order chi connectivity index (χ0) is 13.7. The van der Waals surface area contributed by atoms with Crippen molar-refractivity contribution in [2.45, 2.75) is 19.6 Å². The largest absolute Gasteiger partial charge is 0.355 e. The smallest absolute Gasteiger partial charge is 0.255 e. The first-order chi connectivity index (χ1) is 9.16. The Morgan fingerprint density at radius 2 is 2.21 bits per heavy atom. The Kier molecular flexibility index (Phi) is 4.62. The fourth-order valence-electron chi connectivity index (χ4n) is 1.49. The standard InChI is InChI=1S/C12H17N5OS/c1-8-5-14-12(17-11(8)18)13-3-4-19-6-10-9(2)15-7-16-10/h5,7H,3-4,6H2,1-2H3,(H,15,16)(H2,13,14,17,18). The molecule has 0 radical (unpaired) electrons. The second kappa shape index (κ2) is 6.42. The van der Waals surface area contributed by atoms with Gasteiger partial charge in [0.1, 0.15) is 0 Å². The highest BCUT2D eigenvalue weighted by Gasteiger charge is 2.01. The van der Waals surface area contributed by atoms with Gasteiger partial charge in [-0.25, -0.2) is 9.97 Å². The van der Waals surface area contributed by atoms with Crippen molar-refractivity contribution < 1.29 is 0 Å². The minimum absolute atomic E-state index is 0.0997. The van der Waals surface area contributed by atoms with Crippen molar-refractivity contribution in [3.05, 3.63) is 39.8 Å². The molecular weight excluding hydrogens is 262 g/mol. The number of nitrogens with zero attached hydrogens (tertiary/aromatic N) is 2. The summed E-state index contributed by atoms with van der Waals surface area (Å²) in [4.78, 5) is 25.5. The molecule has 0 bridgehead atoms. The van der Waals surface area contributed by atoms with E-state index in [4.69, 9.17) is 0 Å². The van der Waals surface area contributed by atoms with Crippen LogP contribution in [0.4, 0.5) is 5.95 Å². The maximum absolute atomic E-state index is 11.4. The summed E-state index contributed by atoms with van der Waals surface area (Å²) in [5.41, 5.74) is 2.73. The van der Waals surface area contributed by atoms with Crippen molar-refractivity contribution >= 4 is 17.7 Å². The van der Waals surface area contributed by atoms with Gasteiger partial charge in [-0.15, -0.1) is 0 Å². The Bertz CT molecular complexity index is 592. The lowest BCUT2D eigenvalue weighted by Gasteiger charge is -2.05. The van der Waals surface area contributed by atoms with Crippen molar-refractivity contribution in [3.63, 3.8) is 0 Å². The van der Waals surface area contributed by atoms with Gasteiger partial charge in [0.05, 0.1) is 12.0 Å². The van der Waals surface area contributed by atoms with Gasteiger partial charge in [0.15, 0.2) is 0 Å². The number of thioether (sulfide) groups is 1. The van der Waals surface area contributed by atoms with E-state index in [1.807, 2.05) is 6.92 Å². The van der Waals surface area contributed by atoms with Crippen LogP contribution in [0, 0.1) is 13.8 Å². The van der Waals surface area contributed by atoms with Crippen molar-refractivity contribution in [1.82, 2.24) is 19.9 Å². The van der Waals surface area contributed by atoms with Gasteiger partial charge in [-0.2, -0.15) is 11.8 Å². The van der Waals surface area contributed by atoms with Crippen LogP contribution in [0.15, 0.2) is 17.3 Å². The number of hydrogen-bond acceptors (Lipinski definition) is 5. The molecule has 2 rings (SSSR count). The van der Waals surface area contributed by atoms with Crippen LogP contribution in [-0.2, 0) is 5.75 Å². The monoisotopic (exact) mass is 279 g/mol. The normalized spacial score (nSPS) is 10.6. The topological polar surface area (TPSA) is 86.5 Å². The average Bonchev–Trinajstić information content (AvgIpc) is 2.79. The molecule has 3 N–H and O–H groups in total. The van der Waals surface area contributed by atoms with Crippen LogP contribution in [0.2, 0.25) is 0 Å². The predicted octanol–water partition coefficient (Wildman–Crippen LogP) is 1.46. The number of H-pyrrole nitrogens is 2. The third-order valence-corrected chi connectivity index (χ3v) is 3.66. The van der Waals surface area contributed by atoms with Crippen LogP contribution in [0.1, 0.15) is 17.0 Å². The predicted molar refractivity (Wildman–Crippen MR) is 77.6 cm³/mol. The van der Waals surface area contributed by atoms with Gasteiger partial charge >= 0.3 is 0 Å². The van der Waals surface area contributed by atoms with E-state index in [9.17, 15) is 4.79 Å². The highest BCUT2D eigenvalue weighted by Crippen LogP contribution is 2.11. The lowest BCUT2D eigenvalue weighted by Crippen LogP contribution is -2.15. The number of nitrogens with one attached hydrogen (secondary N) is 3. The SMILES string of the molecule is Cc1[nH]cnc1CSCCNc1ncc(C)c(=O)[nH]1. The van der Waals surface area contributed by atoms with Crippen molar-refractivity contribution in [2.24, 2.45) is 0 Å². The van der Waals surface area contributed by atoms with E-state index in [-0.39, 0.29) is 5.56 Å². The summed E-state index contributed by atoms with van der Waals surface area (Å²) in [5, 5.41) is 3.09. The first-order valence-electron chi connectivity index (χ1n) is 6.03.